The highest BCUT2D eigenvalue weighted by Crippen LogP contribution is 2.36. The van der Waals surface area contributed by atoms with E-state index in [1.807, 2.05) is 30.7 Å². The van der Waals surface area contributed by atoms with Crippen molar-refractivity contribution >= 4 is 45.4 Å². The minimum Gasteiger partial charge on any atom is -0.491 e. The molecule has 0 spiro atoms. The molecule has 0 radical (unpaired) electrons. The molecule has 2 aromatic carbocycles. The molecule has 0 bridgehead atoms. The number of imide groups is 2. The number of piperidine rings is 1. The highest BCUT2D eigenvalue weighted by molar-refractivity contribution is 6.23. The van der Waals surface area contributed by atoms with Crippen LogP contribution in [0.2, 0.25) is 0 Å². The lowest BCUT2D eigenvalue weighted by Crippen LogP contribution is -2.54. The molecule has 5 aromatic rings. The molecular formula is C44H41N5O8. The highest BCUT2D eigenvalue weighted by Gasteiger charge is 2.44. The zero-order chi connectivity index (χ0) is 39.0. The van der Waals surface area contributed by atoms with Gasteiger partial charge in [0.15, 0.2) is 0 Å². The third kappa shape index (κ3) is 7.34. The van der Waals surface area contributed by atoms with Crippen LogP contribution in [0.3, 0.4) is 0 Å². The molecule has 290 valence electrons. The number of benzene rings is 2. The largest absolute Gasteiger partial charge is 0.491 e. The van der Waals surface area contributed by atoms with E-state index < -0.39 is 29.7 Å². The van der Waals surface area contributed by atoms with Gasteiger partial charge in [-0.1, -0.05) is 24.0 Å². The summed E-state index contributed by atoms with van der Waals surface area (Å²) in [5.74, 6) is 6.12. The molecule has 3 aromatic heterocycles. The van der Waals surface area contributed by atoms with Gasteiger partial charge in [-0.2, -0.15) is 0 Å². The number of carbonyl (C=O) groups is 4. The Morgan fingerprint density at radius 3 is 2.51 bits per heavy atom. The Morgan fingerprint density at radius 2 is 1.68 bits per heavy atom. The van der Waals surface area contributed by atoms with E-state index in [1.165, 1.54) is 17.5 Å². The van der Waals surface area contributed by atoms with Gasteiger partial charge >= 0.3 is 0 Å². The summed E-state index contributed by atoms with van der Waals surface area (Å²) >= 11 is 0. The van der Waals surface area contributed by atoms with Gasteiger partial charge in [0.2, 0.25) is 17.7 Å². The summed E-state index contributed by atoms with van der Waals surface area (Å²) in [5, 5.41) is 4.54. The van der Waals surface area contributed by atoms with Crippen molar-refractivity contribution in [3.63, 3.8) is 0 Å². The number of aryl methyl sites for hydroxylation is 1. The van der Waals surface area contributed by atoms with Gasteiger partial charge in [0.05, 0.1) is 29.4 Å². The predicted molar refractivity (Wildman–Crippen MR) is 208 cm³/mol. The van der Waals surface area contributed by atoms with E-state index in [-0.39, 0.29) is 42.8 Å². The summed E-state index contributed by atoms with van der Waals surface area (Å²) in [6.07, 6.45) is 9.88. The SMILES string of the molecule is Cn1c2ccncc2c2ccc(-c3ccc(O[C@H]4C[C@H](OC[C@H]5C[C@H](C#CCOCCOc6ccc7c(c6)C(=O)N(C6CCC(=O)NC6=O)C7=O)C5)C4)nc3)cc21. The van der Waals surface area contributed by atoms with Gasteiger partial charge in [-0.05, 0) is 67.1 Å². The Labute approximate surface area is 328 Å². The van der Waals surface area contributed by atoms with Crippen molar-refractivity contribution in [2.24, 2.45) is 18.9 Å². The molecule has 13 nitrogen and oxygen atoms in total. The van der Waals surface area contributed by atoms with Crippen LogP contribution in [0.1, 0.15) is 59.2 Å². The van der Waals surface area contributed by atoms with Crippen molar-refractivity contribution in [2.75, 3.05) is 26.4 Å². The van der Waals surface area contributed by atoms with Crippen molar-refractivity contribution in [2.45, 2.75) is 56.8 Å². The van der Waals surface area contributed by atoms with Crippen molar-refractivity contribution in [3.05, 3.63) is 84.3 Å². The van der Waals surface area contributed by atoms with Gasteiger partial charge in [-0.25, -0.2) is 4.98 Å². The molecule has 1 saturated heterocycles. The van der Waals surface area contributed by atoms with E-state index in [2.05, 4.69) is 63.0 Å². The Hall–Kier alpha value is -6.10. The molecule has 3 fully saturated rings. The van der Waals surface area contributed by atoms with Gasteiger partial charge in [-0.3, -0.25) is 34.4 Å². The smallest absolute Gasteiger partial charge is 0.262 e. The van der Waals surface area contributed by atoms with Crippen LogP contribution < -0.4 is 14.8 Å². The minimum absolute atomic E-state index is 0.0685. The summed E-state index contributed by atoms with van der Waals surface area (Å²) < 4.78 is 25.9. The van der Waals surface area contributed by atoms with Gasteiger partial charge in [0, 0.05) is 85.3 Å². The van der Waals surface area contributed by atoms with E-state index in [4.69, 9.17) is 18.9 Å². The van der Waals surface area contributed by atoms with Crippen LogP contribution in [0.25, 0.3) is 32.9 Å². The fourth-order valence-electron chi connectivity index (χ4n) is 8.10. The Morgan fingerprint density at radius 1 is 0.842 bits per heavy atom. The first-order valence-corrected chi connectivity index (χ1v) is 19.4. The molecule has 4 amide bonds. The van der Waals surface area contributed by atoms with E-state index in [1.54, 1.807) is 6.07 Å². The fraction of sp³-hybridized carbons (Fsp3) is 0.364. The maximum atomic E-state index is 13.0. The van der Waals surface area contributed by atoms with E-state index in [0.29, 0.717) is 36.7 Å². The molecule has 1 N–H and O–H groups in total. The minimum atomic E-state index is -1.01. The molecule has 2 saturated carbocycles. The van der Waals surface area contributed by atoms with Crippen LogP contribution in [-0.2, 0) is 26.1 Å². The monoisotopic (exact) mass is 767 g/mol. The maximum Gasteiger partial charge on any atom is 0.262 e. The maximum absolute atomic E-state index is 13.0. The highest BCUT2D eigenvalue weighted by atomic mass is 16.5. The third-order valence-corrected chi connectivity index (χ3v) is 11.4. The molecule has 2 aliphatic heterocycles. The number of nitrogens with zero attached hydrogens (tertiary/aromatic N) is 4. The molecule has 4 aliphatic rings. The first-order chi connectivity index (χ1) is 27.8. The number of pyridine rings is 2. The zero-order valence-electron chi connectivity index (χ0n) is 31.4. The first kappa shape index (κ1) is 36.5. The second-order valence-electron chi connectivity index (χ2n) is 15.1. The number of nitrogens with one attached hydrogen (secondary N) is 1. The number of hydrogen-bond acceptors (Lipinski definition) is 10. The summed E-state index contributed by atoms with van der Waals surface area (Å²) in [4.78, 5) is 59.5. The number of rotatable bonds is 12. The molecule has 13 heteroatoms. The molecule has 1 unspecified atom stereocenters. The van der Waals surface area contributed by atoms with Crippen LogP contribution in [0.5, 0.6) is 11.6 Å². The number of fused-ring (bicyclic) bond motifs is 4. The van der Waals surface area contributed by atoms with Gasteiger partial charge in [0.1, 0.15) is 31.1 Å². The van der Waals surface area contributed by atoms with Crippen LogP contribution in [0.15, 0.2) is 73.2 Å². The topological polar surface area (TPSA) is 151 Å². The van der Waals surface area contributed by atoms with Crippen molar-refractivity contribution < 1.29 is 38.1 Å². The summed E-state index contributed by atoms with van der Waals surface area (Å²) in [7, 11) is 2.08. The fourth-order valence-corrected chi connectivity index (χ4v) is 8.10. The quantitative estimate of drug-likeness (QED) is 0.101. The van der Waals surface area contributed by atoms with Gasteiger partial charge in [-0.15, -0.1) is 0 Å². The van der Waals surface area contributed by atoms with Crippen molar-refractivity contribution in [3.8, 4) is 34.6 Å². The molecule has 5 heterocycles. The number of carbonyl (C=O) groups excluding carboxylic acids is 4. The Bertz CT molecular complexity index is 2460. The molecule has 9 rings (SSSR count). The number of ether oxygens (including phenoxy) is 4. The van der Waals surface area contributed by atoms with Crippen molar-refractivity contribution in [1.82, 2.24) is 24.8 Å². The first-order valence-electron chi connectivity index (χ1n) is 19.4. The van der Waals surface area contributed by atoms with Crippen LogP contribution in [-0.4, -0.2) is 87.7 Å². The molecule has 1 atom stereocenters. The van der Waals surface area contributed by atoms with Crippen LogP contribution in [0, 0.1) is 23.7 Å². The standard InChI is InChI=1S/C44H41N5O8/c1-48-37-12-13-45-24-36(37)33-7-4-28(19-39(33)48)29-5-11-41(46-23-29)57-32-20-31(21-32)56-25-27-17-26(18-27)3-2-14-54-15-16-55-30-6-8-34-35(22-30)44(53)49(43(34)52)38-9-10-40(50)47-42(38)51/h4-8,11-13,19,22-24,26-27,31-32,38H,9-10,14-18,20-21,25H2,1H3,(H,47,50,51)/t26-,27-,31-,32-,38?. The van der Waals surface area contributed by atoms with Crippen molar-refractivity contribution in [1.29, 1.82) is 0 Å². The third-order valence-electron chi connectivity index (χ3n) is 11.4. The van der Waals surface area contributed by atoms with E-state index >= 15 is 0 Å². The van der Waals surface area contributed by atoms with Gasteiger partial charge in [0.25, 0.3) is 11.8 Å². The number of amides is 4. The zero-order valence-corrected chi connectivity index (χ0v) is 31.4. The van der Waals surface area contributed by atoms with Gasteiger partial charge < -0.3 is 23.5 Å². The summed E-state index contributed by atoms with van der Waals surface area (Å²) in [6, 6.07) is 16.2. The molecule has 57 heavy (non-hydrogen) atoms. The average molecular weight is 768 g/mol. The normalized spacial score (nSPS) is 22.8. The molecular weight excluding hydrogens is 727 g/mol. The lowest BCUT2D eigenvalue weighted by molar-refractivity contribution is -0.136. The van der Waals surface area contributed by atoms with Crippen LogP contribution in [0.4, 0.5) is 0 Å². The van der Waals surface area contributed by atoms with E-state index in [9.17, 15) is 19.2 Å². The second kappa shape index (κ2) is 15.4. The summed E-state index contributed by atoms with van der Waals surface area (Å²) in [6.45, 7) is 1.57. The second-order valence-corrected chi connectivity index (χ2v) is 15.1. The predicted octanol–water partition coefficient (Wildman–Crippen LogP) is 5.24. The Kier molecular flexibility index (Phi) is 9.90. The lowest BCUT2D eigenvalue weighted by Gasteiger charge is -2.38. The average Bonchev–Trinajstić information content (AvgIpc) is 3.61. The summed E-state index contributed by atoms with van der Waals surface area (Å²) in [5.41, 5.74) is 4.85. The van der Waals surface area contributed by atoms with Crippen LogP contribution >= 0.6 is 0 Å². The Balaban J connectivity index is 0.639. The number of aromatic nitrogens is 3. The molecule has 2 aliphatic carbocycles. The lowest BCUT2D eigenvalue weighted by atomic mass is 9.76. The number of hydrogen-bond donors (Lipinski definition) is 1. The van der Waals surface area contributed by atoms with E-state index in [0.717, 1.165) is 64.7 Å².